The van der Waals surface area contributed by atoms with Gasteiger partial charge in [-0.3, -0.25) is 10.2 Å². The van der Waals surface area contributed by atoms with Crippen molar-refractivity contribution in [3.05, 3.63) is 0 Å². The zero-order chi connectivity index (χ0) is 13.0. The molecule has 0 aromatic carbocycles. The molecule has 2 amide bonds. The average Bonchev–Trinajstić information content (AvgIpc) is 1.94. The van der Waals surface area contributed by atoms with Gasteiger partial charge in [-0.05, 0) is 20.8 Å². The fourth-order valence-electron chi connectivity index (χ4n) is 0.699. The van der Waals surface area contributed by atoms with Crippen LogP contribution in [0.2, 0.25) is 0 Å². The summed E-state index contributed by atoms with van der Waals surface area (Å²) in [5.41, 5.74) is 3.17. The molecule has 2 N–H and O–H groups in total. The molecule has 7 nitrogen and oxygen atoms in total. The molecule has 0 fully saturated rings. The molecule has 0 saturated carbocycles. The van der Waals surface area contributed by atoms with E-state index in [1.807, 2.05) is 10.9 Å². The molecular weight excluding hydrogens is 236 g/mol. The Morgan fingerprint density at radius 3 is 2.06 bits per heavy atom. The summed E-state index contributed by atoms with van der Waals surface area (Å²) in [6.45, 7) is 4.97. The van der Waals surface area contributed by atoms with Crippen LogP contribution < -0.4 is 10.9 Å². The molecule has 0 aliphatic heterocycles. The van der Waals surface area contributed by atoms with Crippen LogP contribution in [0.25, 0.3) is 0 Å². The minimum atomic E-state index is -3.41. The van der Waals surface area contributed by atoms with Crippen molar-refractivity contribution in [2.75, 3.05) is 12.0 Å². The number of amides is 2. The van der Waals surface area contributed by atoms with Gasteiger partial charge in [-0.15, -0.1) is 0 Å². The zero-order valence-electron chi connectivity index (χ0n) is 9.66. The molecule has 0 aliphatic carbocycles. The summed E-state index contributed by atoms with van der Waals surface area (Å²) in [5.74, 6) is -1.52. The minimum absolute atomic E-state index is 0.689. The van der Waals surface area contributed by atoms with E-state index in [0.717, 1.165) is 6.26 Å². The molecule has 0 bridgehead atoms. The van der Waals surface area contributed by atoms with Gasteiger partial charge in [0.25, 0.3) is 5.91 Å². The number of hydrazine groups is 1. The molecule has 0 aliphatic rings. The number of carbonyl (C=O) groups is 2. The number of ether oxygens (including phenoxy) is 1. The summed E-state index contributed by atoms with van der Waals surface area (Å²) < 4.78 is 26.2. The Kier molecular flexibility index (Phi) is 4.73. The molecule has 8 heteroatoms. The van der Waals surface area contributed by atoms with Crippen LogP contribution in [0.3, 0.4) is 0 Å². The van der Waals surface area contributed by atoms with Gasteiger partial charge < -0.3 is 4.74 Å². The molecule has 16 heavy (non-hydrogen) atoms. The second kappa shape index (κ2) is 5.15. The van der Waals surface area contributed by atoms with E-state index in [0.29, 0.717) is 0 Å². The van der Waals surface area contributed by atoms with Crippen molar-refractivity contribution < 1.29 is 22.7 Å². The highest BCUT2D eigenvalue weighted by Crippen LogP contribution is 2.05. The van der Waals surface area contributed by atoms with Gasteiger partial charge in [0.1, 0.15) is 11.4 Å². The Balaban J connectivity index is 3.99. The van der Waals surface area contributed by atoms with Crippen LogP contribution >= 0.6 is 0 Å². The molecular formula is C8H16N2O5S. The molecule has 94 valence electrons. The quantitative estimate of drug-likeness (QED) is 0.650. The molecule has 0 atom stereocenters. The summed E-state index contributed by atoms with van der Waals surface area (Å²) in [7, 11) is -3.41. The van der Waals surface area contributed by atoms with E-state index < -0.39 is 33.2 Å². The van der Waals surface area contributed by atoms with Crippen LogP contribution in [0.1, 0.15) is 20.8 Å². The second-order valence-corrected chi connectivity index (χ2v) is 6.39. The second-order valence-electron chi connectivity index (χ2n) is 4.25. The maximum Gasteiger partial charge on any atom is 0.426 e. The molecule has 0 saturated heterocycles. The van der Waals surface area contributed by atoms with Crippen LogP contribution in [0, 0.1) is 0 Å². The van der Waals surface area contributed by atoms with Crippen LogP contribution in [0.5, 0.6) is 0 Å². The normalized spacial score (nSPS) is 11.8. The summed E-state index contributed by atoms with van der Waals surface area (Å²) in [6.07, 6.45) is 0.0643. The number of carbonyl (C=O) groups excluding carboxylic acids is 2. The third kappa shape index (κ3) is 9.25. The molecule has 0 spiro atoms. The Bertz CT molecular complexity index is 368. The third-order valence-corrected chi connectivity index (χ3v) is 1.88. The predicted octanol–water partition coefficient (Wildman–Crippen LogP) is -0.413. The first-order valence-corrected chi connectivity index (χ1v) is 6.51. The number of sulfone groups is 1. The van der Waals surface area contributed by atoms with Gasteiger partial charge in [-0.1, -0.05) is 0 Å². The van der Waals surface area contributed by atoms with Crippen LogP contribution in [0.15, 0.2) is 0 Å². The van der Waals surface area contributed by atoms with E-state index in [9.17, 15) is 18.0 Å². The summed E-state index contributed by atoms with van der Waals surface area (Å²) in [6, 6.07) is 0. The maximum absolute atomic E-state index is 11.0. The van der Waals surface area contributed by atoms with Gasteiger partial charge in [0.2, 0.25) is 0 Å². The minimum Gasteiger partial charge on any atom is -0.443 e. The fourth-order valence-corrected chi connectivity index (χ4v) is 1.25. The van der Waals surface area contributed by atoms with E-state index in [1.54, 1.807) is 20.8 Å². The van der Waals surface area contributed by atoms with Crippen molar-refractivity contribution in [1.82, 2.24) is 10.9 Å². The largest absolute Gasteiger partial charge is 0.443 e. The Hall–Kier alpha value is -1.31. The number of hydrogen-bond donors (Lipinski definition) is 2. The van der Waals surface area contributed by atoms with Gasteiger partial charge in [0, 0.05) is 6.26 Å². The SMILES string of the molecule is CC(C)(C)OC(=O)NNC(=O)CS(C)(=O)=O. The standard InChI is InChI=1S/C8H16N2O5S/c1-8(2,3)15-7(12)10-9-6(11)5-16(4,13)14/h5H2,1-4H3,(H,9,11)(H,10,12). The maximum atomic E-state index is 11.0. The first kappa shape index (κ1) is 14.7. The van der Waals surface area contributed by atoms with Crippen molar-refractivity contribution >= 4 is 21.8 Å². The van der Waals surface area contributed by atoms with Crippen LogP contribution in [0.4, 0.5) is 4.79 Å². The van der Waals surface area contributed by atoms with Crippen LogP contribution in [-0.2, 0) is 19.4 Å². The highest BCUT2D eigenvalue weighted by molar-refractivity contribution is 7.91. The molecule has 0 radical (unpaired) electrons. The lowest BCUT2D eigenvalue weighted by atomic mass is 10.2. The molecule has 0 aromatic heterocycles. The monoisotopic (exact) mass is 252 g/mol. The van der Waals surface area contributed by atoms with Crippen molar-refractivity contribution in [3.8, 4) is 0 Å². The highest BCUT2D eigenvalue weighted by atomic mass is 32.2. The summed E-state index contributed by atoms with van der Waals surface area (Å²) in [5, 5.41) is 0. The van der Waals surface area contributed by atoms with Crippen molar-refractivity contribution in [2.45, 2.75) is 26.4 Å². The van der Waals surface area contributed by atoms with Crippen molar-refractivity contribution in [3.63, 3.8) is 0 Å². The van der Waals surface area contributed by atoms with Gasteiger partial charge in [0.15, 0.2) is 9.84 Å². The number of hydrogen-bond acceptors (Lipinski definition) is 5. The number of rotatable bonds is 2. The van der Waals surface area contributed by atoms with E-state index >= 15 is 0 Å². The first-order chi connectivity index (χ1) is 6.99. The first-order valence-electron chi connectivity index (χ1n) is 4.45. The summed E-state index contributed by atoms with van der Waals surface area (Å²) in [4.78, 5) is 22.0. The van der Waals surface area contributed by atoms with Gasteiger partial charge >= 0.3 is 6.09 Å². The molecule has 0 heterocycles. The van der Waals surface area contributed by atoms with Gasteiger partial charge in [0.05, 0.1) is 0 Å². The highest BCUT2D eigenvalue weighted by Gasteiger charge is 2.17. The average molecular weight is 252 g/mol. The van der Waals surface area contributed by atoms with E-state index in [4.69, 9.17) is 4.74 Å². The number of nitrogens with one attached hydrogen (secondary N) is 2. The zero-order valence-corrected chi connectivity index (χ0v) is 10.5. The third-order valence-electron chi connectivity index (χ3n) is 1.10. The van der Waals surface area contributed by atoms with Gasteiger partial charge in [-0.2, -0.15) is 0 Å². The van der Waals surface area contributed by atoms with Gasteiger partial charge in [-0.25, -0.2) is 18.6 Å². The lowest BCUT2D eigenvalue weighted by molar-refractivity contribution is -0.119. The van der Waals surface area contributed by atoms with E-state index in [1.165, 1.54) is 0 Å². The van der Waals surface area contributed by atoms with Crippen molar-refractivity contribution in [1.29, 1.82) is 0 Å². The lowest BCUT2D eigenvalue weighted by Gasteiger charge is -2.19. The van der Waals surface area contributed by atoms with Crippen LogP contribution in [-0.4, -0.2) is 38.0 Å². The molecule has 0 unspecified atom stereocenters. The Labute approximate surface area is 94.4 Å². The Morgan fingerprint density at radius 1 is 1.19 bits per heavy atom. The van der Waals surface area contributed by atoms with E-state index in [-0.39, 0.29) is 0 Å². The van der Waals surface area contributed by atoms with E-state index in [2.05, 4.69) is 0 Å². The lowest BCUT2D eigenvalue weighted by Crippen LogP contribution is -2.46. The predicted molar refractivity (Wildman–Crippen MR) is 57.2 cm³/mol. The smallest absolute Gasteiger partial charge is 0.426 e. The fraction of sp³-hybridized carbons (Fsp3) is 0.750. The molecule has 0 aromatic rings. The molecule has 0 rings (SSSR count). The Morgan fingerprint density at radius 2 is 1.69 bits per heavy atom. The summed E-state index contributed by atoms with van der Waals surface area (Å²) >= 11 is 0. The van der Waals surface area contributed by atoms with Crippen molar-refractivity contribution in [2.24, 2.45) is 0 Å². The topological polar surface area (TPSA) is 102 Å².